The third-order valence-electron chi connectivity index (χ3n) is 5.42. The second-order valence-corrected chi connectivity index (χ2v) is 7.56. The third-order valence-corrected chi connectivity index (χ3v) is 5.42. The molecule has 162 valence electrons. The topological polar surface area (TPSA) is 56.4 Å². The van der Waals surface area contributed by atoms with Crippen molar-refractivity contribution in [2.75, 3.05) is 33.3 Å². The minimum atomic E-state index is -0.349. The van der Waals surface area contributed by atoms with Gasteiger partial charge in [-0.2, -0.15) is 0 Å². The average molecular weight is 425 g/mol. The van der Waals surface area contributed by atoms with E-state index in [0.717, 1.165) is 24.4 Å². The van der Waals surface area contributed by atoms with Gasteiger partial charge in [0.15, 0.2) is 17.3 Å². The van der Waals surface area contributed by atoms with Crippen LogP contribution in [0.1, 0.15) is 21.9 Å². The molecule has 7 heteroatoms. The van der Waals surface area contributed by atoms with Crippen LogP contribution in [0.4, 0.5) is 4.39 Å². The van der Waals surface area contributed by atoms with E-state index in [9.17, 15) is 9.18 Å². The van der Waals surface area contributed by atoms with Gasteiger partial charge in [-0.15, -0.1) is 0 Å². The average Bonchev–Trinajstić information content (AvgIpc) is 3.28. The van der Waals surface area contributed by atoms with Gasteiger partial charge >= 0.3 is 0 Å². The van der Waals surface area contributed by atoms with Crippen LogP contribution in [0.5, 0.6) is 11.5 Å². The molecule has 1 amide bonds. The highest BCUT2D eigenvalue weighted by Crippen LogP contribution is 2.18. The quantitative estimate of drug-likeness (QED) is 0.632. The van der Waals surface area contributed by atoms with Crippen LogP contribution in [-0.4, -0.2) is 44.1 Å². The number of amides is 1. The fraction of sp³-hybridized carbons (Fsp3) is 0.292. The highest BCUT2D eigenvalue weighted by atomic mass is 19.1. The Kier molecular flexibility index (Phi) is 6.52. The summed E-state index contributed by atoms with van der Waals surface area (Å²) < 4.78 is 30.2. The zero-order valence-electron chi connectivity index (χ0n) is 17.5. The zero-order valence-corrected chi connectivity index (χ0v) is 17.5. The van der Waals surface area contributed by atoms with Crippen molar-refractivity contribution in [3.63, 3.8) is 0 Å². The number of hydrogen-bond donors (Lipinski definition) is 1. The number of nitrogens with zero attached hydrogens (tertiary/aromatic N) is 1. The fourth-order valence-electron chi connectivity index (χ4n) is 3.71. The van der Waals surface area contributed by atoms with Gasteiger partial charge in [0.2, 0.25) is 0 Å². The van der Waals surface area contributed by atoms with Crippen LogP contribution < -0.4 is 14.4 Å². The first-order valence-electron chi connectivity index (χ1n) is 10.3. The summed E-state index contributed by atoms with van der Waals surface area (Å²) in [6, 6.07) is 18.0. The maximum Gasteiger partial charge on any atom is 0.289 e. The van der Waals surface area contributed by atoms with Gasteiger partial charge in [0.1, 0.15) is 24.7 Å². The number of rotatable bonds is 7. The molecule has 0 atom stereocenters. The van der Waals surface area contributed by atoms with Gasteiger partial charge in [-0.3, -0.25) is 4.79 Å². The summed E-state index contributed by atoms with van der Waals surface area (Å²) in [6.45, 7) is 3.83. The molecule has 0 aliphatic carbocycles. The highest BCUT2D eigenvalue weighted by molar-refractivity contribution is 5.91. The van der Waals surface area contributed by atoms with Crippen LogP contribution in [0, 0.1) is 5.82 Å². The first-order valence-corrected chi connectivity index (χ1v) is 10.3. The highest BCUT2D eigenvalue weighted by Gasteiger charge is 2.26. The van der Waals surface area contributed by atoms with E-state index in [1.54, 1.807) is 23.1 Å². The van der Waals surface area contributed by atoms with Crippen LogP contribution in [0.25, 0.3) is 0 Å². The van der Waals surface area contributed by atoms with Crippen molar-refractivity contribution >= 4 is 5.91 Å². The molecule has 31 heavy (non-hydrogen) atoms. The van der Waals surface area contributed by atoms with Crippen LogP contribution in [-0.2, 0) is 13.2 Å². The van der Waals surface area contributed by atoms with Crippen molar-refractivity contribution in [1.82, 2.24) is 4.90 Å². The molecule has 1 fully saturated rings. The smallest absolute Gasteiger partial charge is 0.289 e. The van der Waals surface area contributed by atoms with Gasteiger partial charge in [0.25, 0.3) is 5.91 Å². The molecular formula is C24H26FN2O4+. The molecule has 0 saturated carbocycles. The molecule has 0 radical (unpaired) electrons. The molecular weight excluding hydrogens is 399 g/mol. The summed E-state index contributed by atoms with van der Waals surface area (Å²) in [5, 5.41) is 0. The predicted octanol–water partition coefficient (Wildman–Crippen LogP) is 2.55. The van der Waals surface area contributed by atoms with E-state index < -0.39 is 0 Å². The molecule has 6 nitrogen and oxygen atoms in total. The largest absolute Gasteiger partial charge is 0.494 e. The number of quaternary nitrogens is 1. The van der Waals surface area contributed by atoms with Crippen LogP contribution in [0.2, 0.25) is 0 Å². The molecule has 2 heterocycles. The number of hydrogen-bond acceptors (Lipinski definition) is 4. The molecule has 3 aromatic rings. The lowest BCUT2D eigenvalue weighted by Crippen LogP contribution is -3.13. The third kappa shape index (κ3) is 5.24. The number of benzene rings is 2. The number of carbonyl (C=O) groups is 1. The number of methoxy groups -OCH3 is 1. The van der Waals surface area contributed by atoms with Crippen LogP contribution in [0.15, 0.2) is 65.1 Å². The molecule has 1 aliphatic rings. The molecule has 0 unspecified atom stereocenters. The Morgan fingerprint density at radius 2 is 1.87 bits per heavy atom. The Morgan fingerprint density at radius 3 is 2.58 bits per heavy atom. The monoisotopic (exact) mass is 425 g/mol. The standard InChI is InChI=1S/C24H25FN2O4/c1-29-22-9-7-18(15-21(22)25)16-26-11-13-27(14-12-26)24(28)23-10-8-20(31-23)17-30-19-5-3-2-4-6-19/h2-10,15H,11-14,16-17H2,1H3/p+1. The second kappa shape index (κ2) is 9.66. The van der Waals surface area contributed by atoms with Gasteiger partial charge in [0, 0.05) is 5.56 Å². The molecule has 4 rings (SSSR count). The first-order chi connectivity index (χ1) is 15.1. The van der Waals surface area contributed by atoms with E-state index in [1.165, 1.54) is 18.1 Å². The number of nitrogens with one attached hydrogen (secondary N) is 1. The number of ether oxygens (including phenoxy) is 2. The van der Waals surface area contributed by atoms with E-state index in [2.05, 4.69) is 0 Å². The van der Waals surface area contributed by atoms with E-state index in [0.29, 0.717) is 31.2 Å². The first kappa shape index (κ1) is 20.9. The SMILES string of the molecule is COc1ccc(C[NH+]2CCN(C(=O)c3ccc(COc4ccccc4)o3)CC2)cc1F. The number of para-hydroxylation sites is 1. The van der Waals surface area contributed by atoms with E-state index in [-0.39, 0.29) is 24.1 Å². The van der Waals surface area contributed by atoms with Crippen molar-refractivity contribution in [2.45, 2.75) is 13.2 Å². The van der Waals surface area contributed by atoms with Crippen molar-refractivity contribution in [3.8, 4) is 11.5 Å². The Bertz CT molecular complexity index is 1010. The minimum Gasteiger partial charge on any atom is -0.494 e. The molecule has 1 N–H and O–H groups in total. The summed E-state index contributed by atoms with van der Waals surface area (Å²) in [6.07, 6.45) is 0. The Labute approximate surface area is 180 Å². The Balaban J connectivity index is 1.27. The lowest BCUT2D eigenvalue weighted by molar-refractivity contribution is -0.917. The van der Waals surface area contributed by atoms with Crippen LogP contribution >= 0.6 is 0 Å². The summed E-state index contributed by atoms with van der Waals surface area (Å²) in [4.78, 5) is 15.9. The molecule has 0 spiro atoms. The molecule has 1 aromatic heterocycles. The van der Waals surface area contributed by atoms with Gasteiger partial charge in [0.05, 0.1) is 33.3 Å². The van der Waals surface area contributed by atoms with E-state index in [1.807, 2.05) is 36.4 Å². The maximum absolute atomic E-state index is 13.9. The normalized spacial score (nSPS) is 14.5. The Morgan fingerprint density at radius 1 is 1.10 bits per heavy atom. The molecule has 2 aromatic carbocycles. The van der Waals surface area contributed by atoms with Crippen molar-refractivity contribution in [1.29, 1.82) is 0 Å². The van der Waals surface area contributed by atoms with Gasteiger partial charge in [-0.05, 0) is 42.5 Å². The lowest BCUT2D eigenvalue weighted by Gasteiger charge is -2.31. The molecule has 1 aliphatic heterocycles. The van der Waals surface area contributed by atoms with E-state index >= 15 is 0 Å². The van der Waals surface area contributed by atoms with Crippen LogP contribution in [0.3, 0.4) is 0 Å². The van der Waals surface area contributed by atoms with Gasteiger partial charge in [-0.25, -0.2) is 4.39 Å². The summed E-state index contributed by atoms with van der Waals surface area (Å²) >= 11 is 0. The maximum atomic E-state index is 13.9. The number of piperazine rings is 1. The van der Waals surface area contributed by atoms with Crippen molar-refractivity contribution < 1.29 is 28.0 Å². The number of furan rings is 1. The van der Waals surface area contributed by atoms with Crippen molar-refractivity contribution in [2.24, 2.45) is 0 Å². The molecule has 0 bridgehead atoms. The lowest BCUT2D eigenvalue weighted by atomic mass is 10.1. The Hall–Kier alpha value is -3.32. The summed E-state index contributed by atoms with van der Waals surface area (Å²) in [7, 11) is 1.46. The zero-order chi connectivity index (χ0) is 21.6. The van der Waals surface area contributed by atoms with Gasteiger partial charge < -0.3 is 23.7 Å². The van der Waals surface area contributed by atoms with E-state index in [4.69, 9.17) is 13.9 Å². The van der Waals surface area contributed by atoms with Crippen molar-refractivity contribution in [3.05, 3.63) is 83.6 Å². The number of carbonyl (C=O) groups excluding carboxylic acids is 1. The summed E-state index contributed by atoms with van der Waals surface area (Å²) in [5.74, 6) is 1.48. The second-order valence-electron chi connectivity index (χ2n) is 7.56. The molecule has 1 saturated heterocycles. The fourth-order valence-corrected chi connectivity index (χ4v) is 3.71. The minimum absolute atomic E-state index is 0.111. The van der Waals surface area contributed by atoms with Gasteiger partial charge in [-0.1, -0.05) is 18.2 Å². The predicted molar refractivity (Wildman–Crippen MR) is 113 cm³/mol. The number of halogens is 1. The summed E-state index contributed by atoms with van der Waals surface area (Å²) in [5.41, 5.74) is 0.919.